The summed E-state index contributed by atoms with van der Waals surface area (Å²) in [5.74, 6) is -3.37. The van der Waals surface area contributed by atoms with Crippen LogP contribution in [0, 0.1) is 0 Å². The number of hydrogen-bond acceptors (Lipinski definition) is 4. The predicted molar refractivity (Wildman–Crippen MR) is 50.5 cm³/mol. The summed E-state index contributed by atoms with van der Waals surface area (Å²) in [6.45, 7) is 0. The van der Waals surface area contributed by atoms with E-state index in [9.17, 15) is 14.4 Å². The monoisotopic (exact) mass is 203 g/mol. The molecule has 0 atom stereocenters. The number of Topliss-reactive ketones (excluding diaryl/α,β-unsaturated/α-hetero) is 2. The second-order valence-corrected chi connectivity index (χ2v) is 2.94. The van der Waals surface area contributed by atoms with Gasteiger partial charge in [0.05, 0.1) is 11.3 Å². The standard InChI is InChI=1S/C10H5NO4/c12-8-5-3-1-2-4-6(5)11-7(9(8)13)10(14)15/h1-4H,(H,14,15). The largest absolute Gasteiger partial charge is 0.476 e. The molecular formula is C10H5NO4. The van der Waals surface area contributed by atoms with Gasteiger partial charge >= 0.3 is 5.97 Å². The topological polar surface area (TPSA) is 83.8 Å². The van der Waals surface area contributed by atoms with Gasteiger partial charge in [-0.15, -0.1) is 0 Å². The molecule has 1 aromatic carbocycles. The van der Waals surface area contributed by atoms with E-state index in [2.05, 4.69) is 4.99 Å². The molecule has 0 spiro atoms. The minimum atomic E-state index is -1.48. The number of nitrogens with zero attached hydrogens (tertiary/aromatic N) is 1. The fourth-order valence-corrected chi connectivity index (χ4v) is 1.31. The van der Waals surface area contributed by atoms with Crippen molar-refractivity contribution in [2.24, 2.45) is 4.99 Å². The van der Waals surface area contributed by atoms with Crippen LogP contribution in [0.25, 0.3) is 0 Å². The summed E-state index contributed by atoms with van der Waals surface area (Å²) in [4.78, 5) is 36.9. The molecule has 0 aliphatic carbocycles. The van der Waals surface area contributed by atoms with E-state index in [1.165, 1.54) is 12.1 Å². The van der Waals surface area contributed by atoms with Crippen molar-refractivity contribution in [1.29, 1.82) is 0 Å². The number of benzene rings is 1. The minimum absolute atomic E-state index is 0.146. The van der Waals surface area contributed by atoms with E-state index in [0.29, 0.717) is 0 Å². The second kappa shape index (κ2) is 3.13. The van der Waals surface area contributed by atoms with Gasteiger partial charge in [-0.1, -0.05) is 12.1 Å². The number of hydrogen-bond donors (Lipinski definition) is 1. The Morgan fingerprint density at radius 3 is 2.47 bits per heavy atom. The quantitative estimate of drug-likeness (QED) is 0.677. The Morgan fingerprint density at radius 1 is 1.13 bits per heavy atom. The first kappa shape index (κ1) is 9.26. The van der Waals surface area contributed by atoms with E-state index < -0.39 is 23.2 Å². The molecule has 1 N–H and O–H groups in total. The molecule has 1 aliphatic heterocycles. The molecule has 1 aliphatic rings. The first-order chi connectivity index (χ1) is 7.11. The van der Waals surface area contributed by atoms with Crippen LogP contribution in [0.5, 0.6) is 0 Å². The number of para-hydroxylation sites is 1. The van der Waals surface area contributed by atoms with Crippen LogP contribution >= 0.6 is 0 Å². The summed E-state index contributed by atoms with van der Waals surface area (Å²) < 4.78 is 0. The summed E-state index contributed by atoms with van der Waals surface area (Å²) in [6, 6.07) is 6.14. The van der Waals surface area contributed by atoms with Gasteiger partial charge in [0, 0.05) is 0 Å². The van der Waals surface area contributed by atoms with Gasteiger partial charge in [0.15, 0.2) is 0 Å². The fourth-order valence-electron chi connectivity index (χ4n) is 1.31. The molecule has 0 fully saturated rings. The zero-order valence-corrected chi connectivity index (χ0v) is 7.43. The first-order valence-corrected chi connectivity index (χ1v) is 4.11. The number of carboxylic acids is 1. The first-order valence-electron chi connectivity index (χ1n) is 4.11. The Labute approximate surface area is 84.1 Å². The van der Waals surface area contributed by atoms with Crippen LogP contribution in [0.2, 0.25) is 0 Å². The molecule has 2 rings (SSSR count). The fraction of sp³-hybridized carbons (Fsp3) is 0. The molecule has 0 amide bonds. The van der Waals surface area contributed by atoms with Gasteiger partial charge in [0.2, 0.25) is 11.5 Å². The zero-order chi connectivity index (χ0) is 11.0. The van der Waals surface area contributed by atoms with E-state index >= 15 is 0 Å². The van der Waals surface area contributed by atoms with Crippen LogP contribution in [0.15, 0.2) is 29.3 Å². The van der Waals surface area contributed by atoms with Gasteiger partial charge in [0.1, 0.15) is 0 Å². The number of carbonyl (C=O) groups is 3. The summed E-state index contributed by atoms with van der Waals surface area (Å²) in [5, 5.41) is 8.65. The van der Waals surface area contributed by atoms with Crippen LogP contribution in [-0.2, 0) is 9.59 Å². The zero-order valence-electron chi connectivity index (χ0n) is 7.43. The molecule has 0 radical (unpaired) electrons. The SMILES string of the molecule is O=C(O)C1=Nc2ccccc2C(=O)C1=O. The maximum absolute atomic E-state index is 11.4. The van der Waals surface area contributed by atoms with Gasteiger partial charge in [-0.3, -0.25) is 9.59 Å². The third-order valence-corrected chi connectivity index (χ3v) is 2.00. The number of carboxylic acid groups (broad SMARTS) is 1. The molecule has 1 heterocycles. The molecule has 74 valence electrons. The van der Waals surface area contributed by atoms with Crippen molar-refractivity contribution in [3.63, 3.8) is 0 Å². The van der Waals surface area contributed by atoms with Crippen molar-refractivity contribution < 1.29 is 19.5 Å². The summed E-state index contributed by atoms with van der Waals surface area (Å²) >= 11 is 0. The van der Waals surface area contributed by atoms with Gasteiger partial charge in [-0.25, -0.2) is 9.79 Å². The Kier molecular flexibility index (Phi) is 1.93. The van der Waals surface area contributed by atoms with Gasteiger partial charge in [-0.05, 0) is 12.1 Å². The molecule has 5 heteroatoms. The number of rotatable bonds is 1. The van der Waals surface area contributed by atoms with Crippen LogP contribution in [0.3, 0.4) is 0 Å². The van der Waals surface area contributed by atoms with E-state index in [1.807, 2.05) is 0 Å². The molecule has 0 saturated carbocycles. The van der Waals surface area contributed by atoms with Crippen LogP contribution in [0.4, 0.5) is 5.69 Å². The van der Waals surface area contributed by atoms with Crippen LogP contribution in [0.1, 0.15) is 10.4 Å². The van der Waals surface area contributed by atoms with Crippen molar-refractivity contribution in [3.05, 3.63) is 29.8 Å². The second-order valence-electron chi connectivity index (χ2n) is 2.94. The lowest BCUT2D eigenvalue weighted by Gasteiger charge is -2.09. The molecule has 0 unspecified atom stereocenters. The lowest BCUT2D eigenvalue weighted by Crippen LogP contribution is -2.33. The van der Waals surface area contributed by atoms with E-state index in [4.69, 9.17) is 5.11 Å². The summed E-state index contributed by atoms with van der Waals surface area (Å²) in [6.07, 6.45) is 0. The average Bonchev–Trinajstić information content (AvgIpc) is 2.23. The van der Waals surface area contributed by atoms with Crippen LogP contribution < -0.4 is 0 Å². The number of carbonyl (C=O) groups excluding carboxylic acids is 2. The average molecular weight is 203 g/mol. The lowest BCUT2D eigenvalue weighted by atomic mass is 9.99. The third-order valence-electron chi connectivity index (χ3n) is 2.00. The molecular weight excluding hydrogens is 198 g/mol. The predicted octanol–water partition coefficient (Wildman–Crippen LogP) is 0.609. The molecule has 5 nitrogen and oxygen atoms in total. The van der Waals surface area contributed by atoms with Gasteiger partial charge < -0.3 is 5.11 Å². The summed E-state index contributed by atoms with van der Waals surface area (Å²) in [5.41, 5.74) is -0.356. The Morgan fingerprint density at radius 2 is 1.80 bits per heavy atom. The Balaban J connectivity index is 2.67. The lowest BCUT2D eigenvalue weighted by molar-refractivity contribution is -0.130. The Bertz CT molecular complexity index is 516. The van der Waals surface area contributed by atoms with Crippen LogP contribution in [-0.4, -0.2) is 28.4 Å². The van der Waals surface area contributed by atoms with Gasteiger partial charge in [0.25, 0.3) is 5.78 Å². The van der Waals surface area contributed by atoms with E-state index in [1.54, 1.807) is 12.1 Å². The van der Waals surface area contributed by atoms with Crippen molar-refractivity contribution in [3.8, 4) is 0 Å². The summed E-state index contributed by atoms with van der Waals surface area (Å²) in [7, 11) is 0. The maximum Gasteiger partial charge on any atom is 0.358 e. The molecule has 1 aromatic rings. The highest BCUT2D eigenvalue weighted by Crippen LogP contribution is 2.23. The van der Waals surface area contributed by atoms with E-state index in [-0.39, 0.29) is 11.3 Å². The van der Waals surface area contributed by atoms with Crippen molar-refractivity contribution in [1.82, 2.24) is 0 Å². The number of ketones is 2. The maximum atomic E-state index is 11.4. The van der Waals surface area contributed by atoms with E-state index in [0.717, 1.165) is 0 Å². The highest BCUT2D eigenvalue weighted by Gasteiger charge is 2.32. The number of fused-ring (bicyclic) bond motifs is 1. The molecule has 0 bridgehead atoms. The highest BCUT2D eigenvalue weighted by atomic mass is 16.4. The van der Waals surface area contributed by atoms with Crippen molar-refractivity contribution in [2.75, 3.05) is 0 Å². The minimum Gasteiger partial charge on any atom is -0.476 e. The molecule has 0 saturated heterocycles. The van der Waals surface area contributed by atoms with Gasteiger partial charge in [-0.2, -0.15) is 0 Å². The molecule has 15 heavy (non-hydrogen) atoms. The smallest absolute Gasteiger partial charge is 0.358 e. The highest BCUT2D eigenvalue weighted by molar-refractivity contribution is 6.81. The third kappa shape index (κ3) is 1.34. The van der Waals surface area contributed by atoms with Crippen molar-refractivity contribution >= 4 is 28.9 Å². The normalized spacial score (nSPS) is 14.5. The number of aliphatic imine (C=N–C) groups is 1. The van der Waals surface area contributed by atoms with Crippen molar-refractivity contribution in [2.45, 2.75) is 0 Å². The molecule has 0 aromatic heterocycles. The Hall–Kier alpha value is -2.30. The number of aliphatic carboxylic acids is 1.